The highest BCUT2D eigenvalue weighted by molar-refractivity contribution is 6.05. The van der Waals surface area contributed by atoms with E-state index < -0.39 is 28.9 Å². The summed E-state index contributed by atoms with van der Waals surface area (Å²) in [6.07, 6.45) is 4.76. The normalized spacial score (nSPS) is 13.9. The highest BCUT2D eigenvalue weighted by Crippen LogP contribution is 2.46. The molecular formula is C32H20F3N3O4. The van der Waals surface area contributed by atoms with Crippen LogP contribution >= 0.6 is 0 Å². The Morgan fingerprint density at radius 3 is 2.48 bits per heavy atom. The third-order valence-electron chi connectivity index (χ3n) is 7.65. The largest absolute Gasteiger partial charge is 0.455 e. The maximum absolute atomic E-state index is 16.1. The first kappa shape index (κ1) is 25.7. The Balaban J connectivity index is 1.28. The predicted molar refractivity (Wildman–Crippen MR) is 147 cm³/mol. The molecule has 3 heterocycles. The minimum atomic E-state index is -0.839. The molecule has 1 aliphatic carbocycles. The monoisotopic (exact) mass is 567 g/mol. The molecule has 1 fully saturated rings. The molecule has 1 saturated carbocycles. The number of hydrogen-bond donors (Lipinski definition) is 1. The molecule has 7 nitrogen and oxygen atoms in total. The van der Waals surface area contributed by atoms with Gasteiger partial charge in [-0.2, -0.15) is 0 Å². The lowest BCUT2D eigenvalue weighted by molar-refractivity contribution is 0.0922. The number of benzene rings is 3. The van der Waals surface area contributed by atoms with Crippen molar-refractivity contribution in [2.45, 2.75) is 25.3 Å². The molecule has 0 radical (unpaired) electrons. The van der Waals surface area contributed by atoms with Crippen LogP contribution in [0.25, 0.3) is 44.5 Å². The first-order chi connectivity index (χ1) is 20.3. The van der Waals surface area contributed by atoms with E-state index in [0.29, 0.717) is 41.7 Å². The molecule has 3 aromatic carbocycles. The zero-order valence-electron chi connectivity index (χ0n) is 22.0. The van der Waals surface area contributed by atoms with Gasteiger partial charge in [-0.05, 0) is 79.4 Å². The molecule has 6 aromatic rings. The van der Waals surface area contributed by atoms with E-state index in [1.54, 1.807) is 18.5 Å². The van der Waals surface area contributed by atoms with Crippen molar-refractivity contribution in [3.8, 4) is 22.5 Å². The average molecular weight is 568 g/mol. The molecule has 42 heavy (non-hydrogen) atoms. The Morgan fingerprint density at radius 2 is 1.76 bits per heavy atom. The van der Waals surface area contributed by atoms with Crippen LogP contribution in [0.15, 0.2) is 75.8 Å². The van der Waals surface area contributed by atoms with Gasteiger partial charge in [-0.3, -0.25) is 14.6 Å². The van der Waals surface area contributed by atoms with Gasteiger partial charge >= 0.3 is 0 Å². The van der Waals surface area contributed by atoms with Crippen molar-refractivity contribution in [2.75, 3.05) is 0 Å². The molecule has 1 amide bonds. The van der Waals surface area contributed by atoms with E-state index in [1.807, 2.05) is 0 Å². The number of fused-ring (bicyclic) bond motifs is 2. The van der Waals surface area contributed by atoms with Gasteiger partial charge in [0.1, 0.15) is 39.9 Å². The predicted octanol–water partition coefficient (Wildman–Crippen LogP) is 7.26. The number of pyridine rings is 1. The van der Waals surface area contributed by atoms with Gasteiger partial charge in [0, 0.05) is 29.0 Å². The van der Waals surface area contributed by atoms with Gasteiger partial charge in [0.25, 0.3) is 5.91 Å². The molecule has 0 saturated heterocycles. The smallest absolute Gasteiger partial charge is 0.252 e. The molecular weight excluding hydrogens is 547 g/mol. The Kier molecular flexibility index (Phi) is 5.76. The molecule has 0 bridgehead atoms. The number of rotatable bonds is 6. The van der Waals surface area contributed by atoms with E-state index in [-0.39, 0.29) is 44.5 Å². The lowest BCUT2D eigenvalue weighted by Crippen LogP contribution is -2.35. The molecule has 1 aliphatic rings. The van der Waals surface area contributed by atoms with Crippen molar-refractivity contribution in [3.63, 3.8) is 0 Å². The van der Waals surface area contributed by atoms with Crippen molar-refractivity contribution < 1.29 is 31.6 Å². The fraction of sp³-hybridized carbons (Fsp3) is 0.125. The molecule has 3 aromatic heterocycles. The first-order valence-corrected chi connectivity index (χ1v) is 13.1. The third kappa shape index (κ3) is 4.06. The molecule has 0 unspecified atom stereocenters. The van der Waals surface area contributed by atoms with Crippen molar-refractivity contribution >= 4 is 34.3 Å². The number of furan rings is 1. The van der Waals surface area contributed by atoms with Gasteiger partial charge in [0.05, 0.1) is 17.1 Å². The Bertz CT molecular complexity index is 2030. The van der Waals surface area contributed by atoms with Crippen LogP contribution in [0.5, 0.6) is 0 Å². The molecule has 7 rings (SSSR count). The van der Waals surface area contributed by atoms with E-state index in [9.17, 15) is 14.0 Å². The van der Waals surface area contributed by atoms with Crippen molar-refractivity contribution in [1.29, 1.82) is 0 Å². The topological polar surface area (TPSA) is 98.2 Å². The first-order valence-electron chi connectivity index (χ1n) is 13.1. The zero-order chi connectivity index (χ0) is 29.2. The zero-order valence-corrected chi connectivity index (χ0v) is 22.0. The van der Waals surface area contributed by atoms with Gasteiger partial charge in [0.15, 0.2) is 11.9 Å². The number of nitrogens with one attached hydrogen (secondary N) is 1. The molecule has 0 aliphatic heterocycles. The number of oxazole rings is 1. The lowest BCUT2D eigenvalue weighted by Gasteiger charge is -2.16. The summed E-state index contributed by atoms with van der Waals surface area (Å²) in [5.74, 6) is -2.16. The Hall–Kier alpha value is -5.25. The molecule has 0 spiro atoms. The molecule has 1 N–H and O–H groups in total. The van der Waals surface area contributed by atoms with Crippen LogP contribution in [0, 0.1) is 24.4 Å². The Labute approximate surface area is 236 Å². The molecule has 10 heteroatoms. The van der Waals surface area contributed by atoms with Gasteiger partial charge < -0.3 is 14.2 Å². The van der Waals surface area contributed by atoms with Crippen molar-refractivity contribution in [1.82, 2.24) is 15.3 Å². The third-order valence-corrected chi connectivity index (χ3v) is 7.65. The fourth-order valence-corrected chi connectivity index (χ4v) is 5.19. The minimum absolute atomic E-state index is 0.0179. The quantitative estimate of drug-likeness (QED) is 0.213. The van der Waals surface area contributed by atoms with E-state index in [1.165, 1.54) is 49.4 Å². The maximum atomic E-state index is 16.1. The average Bonchev–Trinajstić information content (AvgIpc) is 3.46. The highest BCUT2D eigenvalue weighted by Gasteiger charge is 2.50. The van der Waals surface area contributed by atoms with Gasteiger partial charge in [-0.15, -0.1) is 0 Å². The van der Waals surface area contributed by atoms with Gasteiger partial charge in [-0.1, -0.05) is 0 Å². The van der Waals surface area contributed by atoms with Crippen LogP contribution in [0.3, 0.4) is 0 Å². The summed E-state index contributed by atoms with van der Waals surface area (Å²) >= 11 is 0. The number of aromatic nitrogens is 2. The molecule has 208 valence electrons. The van der Waals surface area contributed by atoms with Crippen LogP contribution in [-0.4, -0.2) is 22.2 Å². The number of aldehydes is 1. The van der Waals surface area contributed by atoms with Crippen LogP contribution < -0.4 is 5.32 Å². The summed E-state index contributed by atoms with van der Waals surface area (Å²) in [4.78, 5) is 33.9. The van der Waals surface area contributed by atoms with Crippen LogP contribution in [0.4, 0.5) is 13.2 Å². The number of hydrogen-bond acceptors (Lipinski definition) is 6. The minimum Gasteiger partial charge on any atom is -0.455 e. The summed E-state index contributed by atoms with van der Waals surface area (Å²) < 4.78 is 56.4. The second-order valence-corrected chi connectivity index (χ2v) is 10.3. The number of carbonyl (C=O) groups is 2. The summed E-state index contributed by atoms with van der Waals surface area (Å²) in [5, 5.41) is 2.81. The second-order valence-electron chi connectivity index (χ2n) is 10.3. The standard InChI is InChI=1S/C32H20F3N3O4/c1-16-21(20-6-7-26-27(28(20)35)22(15-39)29(41-26)17-2-4-19(33)5-3-17)12-18(13-23(16)34)30(40)38-32(9-10-32)31-37-24-14-36-11-8-25(24)42-31/h2-8,11-15H,9-10H2,1H3,(H,38,40). The van der Waals surface area contributed by atoms with E-state index in [2.05, 4.69) is 15.3 Å². The SMILES string of the molecule is Cc1c(F)cc(C(=O)NC2(c3nc4cnccc4o3)CC2)cc1-c1ccc2oc(-c3ccc(F)cc3)c(C=O)c2c1F. The summed E-state index contributed by atoms with van der Waals surface area (Å²) in [7, 11) is 0. The fourth-order valence-electron chi connectivity index (χ4n) is 5.19. The van der Waals surface area contributed by atoms with E-state index in [0.717, 1.165) is 6.07 Å². The van der Waals surface area contributed by atoms with Crippen LogP contribution in [0.2, 0.25) is 0 Å². The summed E-state index contributed by atoms with van der Waals surface area (Å²) in [6, 6.07) is 12.3. The number of amides is 1. The van der Waals surface area contributed by atoms with E-state index in [4.69, 9.17) is 8.83 Å². The van der Waals surface area contributed by atoms with Crippen LogP contribution in [0.1, 0.15) is 45.0 Å². The second kappa shape index (κ2) is 9.41. The number of halogens is 3. The lowest BCUT2D eigenvalue weighted by atomic mass is 9.94. The summed E-state index contributed by atoms with van der Waals surface area (Å²) in [5.41, 5.74) is 0.884. The van der Waals surface area contributed by atoms with Crippen molar-refractivity contribution in [2.24, 2.45) is 0 Å². The van der Waals surface area contributed by atoms with E-state index >= 15 is 8.78 Å². The number of carbonyl (C=O) groups excluding carboxylic acids is 2. The van der Waals surface area contributed by atoms with Gasteiger partial charge in [0.2, 0.25) is 5.89 Å². The van der Waals surface area contributed by atoms with Gasteiger partial charge in [-0.25, -0.2) is 18.2 Å². The number of nitrogens with zero attached hydrogens (tertiary/aromatic N) is 2. The Morgan fingerprint density at radius 1 is 0.976 bits per heavy atom. The highest BCUT2D eigenvalue weighted by atomic mass is 19.1. The maximum Gasteiger partial charge on any atom is 0.252 e. The summed E-state index contributed by atoms with van der Waals surface area (Å²) in [6.45, 7) is 1.48. The molecule has 0 atom stereocenters. The van der Waals surface area contributed by atoms with Crippen LogP contribution in [-0.2, 0) is 5.54 Å². The van der Waals surface area contributed by atoms with Crippen molar-refractivity contribution in [3.05, 3.63) is 107 Å².